The first-order valence-electron chi connectivity index (χ1n) is 7.97. The number of H-pyrrole nitrogens is 1. The molecule has 0 atom stereocenters. The molecule has 7 heteroatoms. The van der Waals surface area contributed by atoms with Crippen molar-refractivity contribution in [2.24, 2.45) is 5.73 Å². The number of benzene rings is 1. The number of aromatic hydroxyl groups is 1. The van der Waals surface area contributed by atoms with Gasteiger partial charge in [-0.25, -0.2) is 4.98 Å². The SMILES string of the molecule is Cc1[nH]nc2nc(-c3ccc(O)cc3)cc(C(=O)NCC(C)(C)N)c12. The third-order valence-corrected chi connectivity index (χ3v) is 3.82. The first-order valence-corrected chi connectivity index (χ1v) is 7.97. The molecule has 0 bridgehead atoms. The van der Waals surface area contributed by atoms with Gasteiger partial charge in [0.25, 0.3) is 5.91 Å². The fourth-order valence-corrected chi connectivity index (χ4v) is 2.54. The first-order chi connectivity index (χ1) is 11.7. The third-order valence-electron chi connectivity index (χ3n) is 3.82. The lowest BCUT2D eigenvalue weighted by Crippen LogP contribution is -2.45. The molecule has 0 aliphatic rings. The van der Waals surface area contributed by atoms with E-state index in [1.807, 2.05) is 20.8 Å². The van der Waals surface area contributed by atoms with Gasteiger partial charge in [-0.05, 0) is 51.1 Å². The van der Waals surface area contributed by atoms with Crippen molar-refractivity contribution in [3.63, 3.8) is 0 Å². The Labute approximate surface area is 145 Å². The number of aryl methyl sites for hydroxylation is 1. The van der Waals surface area contributed by atoms with Gasteiger partial charge in [0.05, 0.1) is 16.6 Å². The van der Waals surface area contributed by atoms with E-state index < -0.39 is 5.54 Å². The number of phenolic OH excluding ortho intramolecular Hbond substituents is 1. The van der Waals surface area contributed by atoms with Crippen LogP contribution in [0.5, 0.6) is 5.75 Å². The van der Waals surface area contributed by atoms with Gasteiger partial charge >= 0.3 is 0 Å². The number of nitrogens with zero attached hydrogens (tertiary/aromatic N) is 2. The molecule has 0 aliphatic heterocycles. The van der Waals surface area contributed by atoms with Crippen molar-refractivity contribution in [2.75, 3.05) is 6.54 Å². The monoisotopic (exact) mass is 339 g/mol. The standard InChI is InChI=1S/C18H21N5O2/c1-10-15-13(17(25)20-9-18(2,3)19)8-14(21-16(15)23-22-10)11-4-6-12(24)7-5-11/h4-8,24H,9,19H2,1-3H3,(H,20,25)(H,21,22,23). The van der Waals surface area contributed by atoms with E-state index in [0.29, 0.717) is 28.8 Å². The number of amides is 1. The summed E-state index contributed by atoms with van der Waals surface area (Å²) in [5.41, 5.74) is 8.57. The number of rotatable bonds is 4. The number of fused-ring (bicyclic) bond motifs is 1. The van der Waals surface area contributed by atoms with E-state index in [1.165, 1.54) is 0 Å². The maximum atomic E-state index is 12.7. The third kappa shape index (κ3) is 3.61. The van der Waals surface area contributed by atoms with Crippen molar-refractivity contribution in [3.05, 3.63) is 41.6 Å². The normalized spacial score (nSPS) is 11.7. The van der Waals surface area contributed by atoms with Crippen LogP contribution in [0, 0.1) is 6.92 Å². The summed E-state index contributed by atoms with van der Waals surface area (Å²) in [5, 5.41) is 20.1. The van der Waals surface area contributed by atoms with Gasteiger partial charge in [-0.1, -0.05) is 0 Å². The summed E-state index contributed by atoms with van der Waals surface area (Å²) in [6.07, 6.45) is 0. The Morgan fingerprint density at radius 3 is 2.64 bits per heavy atom. The van der Waals surface area contributed by atoms with Crippen LogP contribution >= 0.6 is 0 Å². The minimum Gasteiger partial charge on any atom is -0.508 e. The number of aromatic amines is 1. The highest BCUT2D eigenvalue weighted by atomic mass is 16.3. The smallest absolute Gasteiger partial charge is 0.252 e. The van der Waals surface area contributed by atoms with Crippen molar-refractivity contribution in [1.29, 1.82) is 0 Å². The van der Waals surface area contributed by atoms with Crippen LogP contribution < -0.4 is 11.1 Å². The molecule has 0 fully saturated rings. The van der Waals surface area contributed by atoms with E-state index in [1.54, 1.807) is 30.3 Å². The van der Waals surface area contributed by atoms with Crippen molar-refractivity contribution in [3.8, 4) is 17.0 Å². The summed E-state index contributed by atoms with van der Waals surface area (Å²) in [6, 6.07) is 8.37. The molecule has 0 radical (unpaired) electrons. The summed E-state index contributed by atoms with van der Waals surface area (Å²) in [7, 11) is 0. The Bertz CT molecular complexity index is 923. The minimum absolute atomic E-state index is 0.170. The van der Waals surface area contributed by atoms with E-state index in [2.05, 4.69) is 20.5 Å². The summed E-state index contributed by atoms with van der Waals surface area (Å²) in [5.74, 6) is -0.0564. The summed E-state index contributed by atoms with van der Waals surface area (Å²) < 4.78 is 0. The number of nitrogens with two attached hydrogens (primary N) is 1. The number of pyridine rings is 1. The fraction of sp³-hybridized carbons (Fsp3) is 0.278. The molecule has 2 aromatic heterocycles. The highest BCUT2D eigenvalue weighted by molar-refractivity contribution is 6.07. The lowest BCUT2D eigenvalue weighted by Gasteiger charge is -2.19. The molecule has 25 heavy (non-hydrogen) atoms. The number of aromatic nitrogens is 3. The number of nitrogens with one attached hydrogen (secondary N) is 2. The highest BCUT2D eigenvalue weighted by Gasteiger charge is 2.19. The maximum Gasteiger partial charge on any atom is 0.252 e. The van der Waals surface area contributed by atoms with Crippen LogP contribution in [0.2, 0.25) is 0 Å². The van der Waals surface area contributed by atoms with Crippen LogP contribution in [-0.2, 0) is 0 Å². The number of hydrogen-bond donors (Lipinski definition) is 4. The van der Waals surface area contributed by atoms with Crippen LogP contribution in [0.4, 0.5) is 0 Å². The summed E-state index contributed by atoms with van der Waals surface area (Å²) >= 11 is 0. The number of carbonyl (C=O) groups is 1. The van der Waals surface area contributed by atoms with Gasteiger partial charge in [-0.3, -0.25) is 9.89 Å². The summed E-state index contributed by atoms with van der Waals surface area (Å²) in [6.45, 7) is 5.89. The minimum atomic E-state index is -0.507. The lowest BCUT2D eigenvalue weighted by molar-refractivity contribution is 0.0947. The van der Waals surface area contributed by atoms with Gasteiger partial charge in [-0.15, -0.1) is 0 Å². The predicted molar refractivity (Wildman–Crippen MR) is 96.3 cm³/mol. The van der Waals surface area contributed by atoms with E-state index in [0.717, 1.165) is 11.3 Å². The molecule has 0 spiro atoms. The molecule has 5 N–H and O–H groups in total. The average molecular weight is 339 g/mol. The van der Waals surface area contributed by atoms with Crippen LogP contribution in [0.15, 0.2) is 30.3 Å². The van der Waals surface area contributed by atoms with Crippen molar-refractivity contribution in [2.45, 2.75) is 26.3 Å². The average Bonchev–Trinajstić information content (AvgIpc) is 2.93. The van der Waals surface area contributed by atoms with Crippen LogP contribution in [0.25, 0.3) is 22.3 Å². The second kappa shape index (κ2) is 6.18. The number of hydrogen-bond acceptors (Lipinski definition) is 5. The molecule has 0 aliphatic carbocycles. The van der Waals surface area contributed by atoms with Gasteiger partial charge in [0, 0.05) is 23.3 Å². The Morgan fingerprint density at radius 2 is 2.00 bits per heavy atom. The van der Waals surface area contributed by atoms with Crippen molar-refractivity contribution >= 4 is 16.9 Å². The number of phenols is 1. The van der Waals surface area contributed by atoms with Gasteiger partial charge in [0.15, 0.2) is 5.65 Å². The highest BCUT2D eigenvalue weighted by Crippen LogP contribution is 2.26. The van der Waals surface area contributed by atoms with E-state index in [-0.39, 0.29) is 11.7 Å². The lowest BCUT2D eigenvalue weighted by atomic mass is 10.0. The van der Waals surface area contributed by atoms with Gasteiger partial charge in [0.1, 0.15) is 5.75 Å². The number of carbonyl (C=O) groups excluding carboxylic acids is 1. The molecule has 7 nitrogen and oxygen atoms in total. The zero-order chi connectivity index (χ0) is 18.2. The first kappa shape index (κ1) is 16.9. The van der Waals surface area contributed by atoms with Gasteiger partial charge in [0.2, 0.25) is 0 Å². The Kier molecular flexibility index (Phi) is 4.18. The van der Waals surface area contributed by atoms with Crippen LogP contribution in [0.3, 0.4) is 0 Å². The quantitative estimate of drug-likeness (QED) is 0.581. The van der Waals surface area contributed by atoms with Gasteiger partial charge < -0.3 is 16.2 Å². The topological polar surface area (TPSA) is 117 Å². The molecule has 0 unspecified atom stereocenters. The molecule has 1 amide bonds. The molecule has 3 aromatic rings. The van der Waals surface area contributed by atoms with E-state index >= 15 is 0 Å². The molecule has 1 aromatic carbocycles. The van der Waals surface area contributed by atoms with Crippen LogP contribution in [0.1, 0.15) is 29.9 Å². The van der Waals surface area contributed by atoms with Crippen molar-refractivity contribution < 1.29 is 9.90 Å². The fourth-order valence-electron chi connectivity index (χ4n) is 2.54. The second-order valence-corrected chi connectivity index (χ2v) is 6.82. The largest absolute Gasteiger partial charge is 0.508 e. The zero-order valence-corrected chi connectivity index (χ0v) is 14.4. The zero-order valence-electron chi connectivity index (χ0n) is 14.4. The molecule has 2 heterocycles. The molecule has 0 saturated heterocycles. The second-order valence-electron chi connectivity index (χ2n) is 6.82. The van der Waals surface area contributed by atoms with E-state index in [4.69, 9.17) is 5.73 Å². The Morgan fingerprint density at radius 1 is 1.32 bits per heavy atom. The predicted octanol–water partition coefficient (Wildman–Crippen LogP) is 2.11. The molecule has 130 valence electrons. The molecular formula is C18H21N5O2. The van der Waals surface area contributed by atoms with Crippen molar-refractivity contribution in [1.82, 2.24) is 20.5 Å². The molecule has 0 saturated carbocycles. The maximum absolute atomic E-state index is 12.7. The molecule has 3 rings (SSSR count). The Balaban J connectivity index is 2.07. The Hall–Kier alpha value is -2.93. The van der Waals surface area contributed by atoms with Crippen LogP contribution in [-0.4, -0.2) is 38.3 Å². The molecular weight excluding hydrogens is 318 g/mol. The van der Waals surface area contributed by atoms with Gasteiger partial charge in [-0.2, -0.15) is 5.10 Å². The summed E-state index contributed by atoms with van der Waals surface area (Å²) in [4.78, 5) is 17.2. The van der Waals surface area contributed by atoms with E-state index in [9.17, 15) is 9.90 Å².